The SMILES string of the molecule is C=CCc1c[nH]c2c(Br)cc(C(=O)OC)cc12. The van der Waals surface area contributed by atoms with Crippen LogP contribution in [-0.4, -0.2) is 18.1 Å². The number of aromatic nitrogens is 1. The van der Waals surface area contributed by atoms with E-state index in [4.69, 9.17) is 4.74 Å². The Morgan fingerprint density at radius 3 is 3.00 bits per heavy atom. The molecule has 2 aromatic rings. The Morgan fingerprint density at radius 1 is 1.59 bits per heavy atom. The van der Waals surface area contributed by atoms with E-state index in [2.05, 4.69) is 27.5 Å². The molecular formula is C13H12BrNO2. The Hall–Kier alpha value is -1.55. The summed E-state index contributed by atoms with van der Waals surface area (Å²) in [5.74, 6) is -0.335. The zero-order valence-corrected chi connectivity index (χ0v) is 11.0. The van der Waals surface area contributed by atoms with E-state index >= 15 is 0 Å². The van der Waals surface area contributed by atoms with Crippen LogP contribution in [0.5, 0.6) is 0 Å². The van der Waals surface area contributed by atoms with Gasteiger partial charge in [0.2, 0.25) is 0 Å². The van der Waals surface area contributed by atoms with E-state index in [1.165, 1.54) is 7.11 Å². The van der Waals surface area contributed by atoms with Gasteiger partial charge >= 0.3 is 5.97 Å². The minimum atomic E-state index is -0.335. The first-order chi connectivity index (χ1) is 8.17. The number of rotatable bonds is 3. The van der Waals surface area contributed by atoms with Crippen molar-refractivity contribution in [1.29, 1.82) is 0 Å². The fourth-order valence-electron chi connectivity index (χ4n) is 1.80. The lowest BCUT2D eigenvalue weighted by Crippen LogP contribution is -2.01. The van der Waals surface area contributed by atoms with Crippen LogP contribution >= 0.6 is 15.9 Å². The van der Waals surface area contributed by atoms with E-state index < -0.39 is 0 Å². The van der Waals surface area contributed by atoms with Crippen LogP contribution in [0.4, 0.5) is 0 Å². The van der Waals surface area contributed by atoms with Crippen LogP contribution in [0.3, 0.4) is 0 Å². The Morgan fingerprint density at radius 2 is 2.35 bits per heavy atom. The molecule has 0 amide bonds. The molecule has 0 spiro atoms. The number of methoxy groups -OCH3 is 1. The van der Waals surface area contributed by atoms with Gasteiger partial charge in [0.25, 0.3) is 0 Å². The summed E-state index contributed by atoms with van der Waals surface area (Å²) >= 11 is 3.44. The second-order valence-corrected chi connectivity index (χ2v) is 4.53. The predicted octanol–water partition coefficient (Wildman–Crippen LogP) is 3.45. The summed E-state index contributed by atoms with van der Waals surface area (Å²) in [6.07, 6.45) is 4.52. The number of allylic oxidation sites excluding steroid dienone is 1. The van der Waals surface area contributed by atoms with E-state index in [1.807, 2.05) is 18.3 Å². The van der Waals surface area contributed by atoms with Crippen LogP contribution in [0.1, 0.15) is 15.9 Å². The number of halogens is 1. The first-order valence-corrected chi connectivity index (χ1v) is 5.95. The van der Waals surface area contributed by atoms with Crippen molar-refractivity contribution in [2.24, 2.45) is 0 Å². The maximum atomic E-state index is 11.5. The Balaban J connectivity index is 2.64. The van der Waals surface area contributed by atoms with Gasteiger partial charge in [-0.25, -0.2) is 4.79 Å². The van der Waals surface area contributed by atoms with Gasteiger partial charge < -0.3 is 9.72 Å². The first-order valence-electron chi connectivity index (χ1n) is 5.16. The van der Waals surface area contributed by atoms with Crippen molar-refractivity contribution >= 4 is 32.8 Å². The van der Waals surface area contributed by atoms with E-state index in [0.717, 1.165) is 27.4 Å². The number of benzene rings is 1. The topological polar surface area (TPSA) is 42.1 Å². The van der Waals surface area contributed by atoms with Crippen LogP contribution in [0, 0.1) is 0 Å². The Kier molecular flexibility index (Phi) is 3.33. The van der Waals surface area contributed by atoms with Crippen LogP contribution in [0.15, 0.2) is 35.5 Å². The fourth-order valence-corrected chi connectivity index (χ4v) is 2.38. The van der Waals surface area contributed by atoms with Gasteiger partial charge in [-0.3, -0.25) is 0 Å². The second kappa shape index (κ2) is 4.75. The number of nitrogens with one attached hydrogen (secondary N) is 1. The monoisotopic (exact) mass is 293 g/mol. The largest absolute Gasteiger partial charge is 0.465 e. The number of aromatic amines is 1. The summed E-state index contributed by atoms with van der Waals surface area (Å²) in [7, 11) is 1.38. The molecular weight excluding hydrogens is 282 g/mol. The molecule has 0 aliphatic rings. The smallest absolute Gasteiger partial charge is 0.337 e. The molecule has 1 heterocycles. The summed E-state index contributed by atoms with van der Waals surface area (Å²) in [5, 5.41) is 1.01. The number of H-pyrrole nitrogens is 1. The van der Waals surface area contributed by atoms with Crippen LogP contribution in [-0.2, 0) is 11.2 Å². The van der Waals surface area contributed by atoms with Crippen molar-refractivity contribution in [1.82, 2.24) is 4.98 Å². The minimum absolute atomic E-state index is 0.335. The molecule has 2 rings (SSSR count). The van der Waals surface area contributed by atoms with Gasteiger partial charge in [-0.05, 0) is 40.0 Å². The zero-order valence-electron chi connectivity index (χ0n) is 9.42. The third kappa shape index (κ3) is 2.13. The number of ether oxygens (including phenoxy) is 1. The number of hydrogen-bond acceptors (Lipinski definition) is 2. The van der Waals surface area contributed by atoms with Crippen LogP contribution in [0.2, 0.25) is 0 Å². The van der Waals surface area contributed by atoms with E-state index in [-0.39, 0.29) is 5.97 Å². The lowest BCUT2D eigenvalue weighted by Gasteiger charge is -2.02. The Labute approximate surface area is 108 Å². The summed E-state index contributed by atoms with van der Waals surface area (Å²) in [4.78, 5) is 14.7. The lowest BCUT2D eigenvalue weighted by atomic mass is 10.1. The maximum absolute atomic E-state index is 11.5. The fraction of sp³-hybridized carbons (Fsp3) is 0.154. The number of hydrogen-bond donors (Lipinski definition) is 1. The van der Waals surface area contributed by atoms with Gasteiger partial charge in [0, 0.05) is 16.1 Å². The van der Waals surface area contributed by atoms with Gasteiger partial charge in [-0.2, -0.15) is 0 Å². The lowest BCUT2D eigenvalue weighted by molar-refractivity contribution is 0.0601. The molecule has 3 nitrogen and oxygen atoms in total. The highest BCUT2D eigenvalue weighted by Gasteiger charge is 2.12. The molecule has 0 saturated carbocycles. The third-order valence-electron chi connectivity index (χ3n) is 2.61. The molecule has 88 valence electrons. The molecule has 0 radical (unpaired) electrons. The van der Waals surface area contributed by atoms with Crippen molar-refractivity contribution < 1.29 is 9.53 Å². The molecule has 1 aromatic heterocycles. The molecule has 0 aliphatic carbocycles. The van der Waals surface area contributed by atoms with Crippen molar-refractivity contribution in [2.75, 3.05) is 7.11 Å². The molecule has 1 aromatic carbocycles. The maximum Gasteiger partial charge on any atom is 0.337 e. The van der Waals surface area contributed by atoms with E-state index in [9.17, 15) is 4.79 Å². The number of esters is 1. The number of carbonyl (C=O) groups is 1. The average molecular weight is 294 g/mol. The third-order valence-corrected chi connectivity index (χ3v) is 3.24. The van der Waals surface area contributed by atoms with Crippen molar-refractivity contribution in [3.63, 3.8) is 0 Å². The predicted molar refractivity (Wildman–Crippen MR) is 71.2 cm³/mol. The van der Waals surface area contributed by atoms with Crippen molar-refractivity contribution in [2.45, 2.75) is 6.42 Å². The van der Waals surface area contributed by atoms with Gasteiger partial charge in [-0.15, -0.1) is 6.58 Å². The normalized spacial score (nSPS) is 10.5. The van der Waals surface area contributed by atoms with Crippen LogP contribution in [0.25, 0.3) is 10.9 Å². The molecule has 1 N–H and O–H groups in total. The average Bonchev–Trinajstić information content (AvgIpc) is 2.72. The highest BCUT2D eigenvalue weighted by molar-refractivity contribution is 9.10. The van der Waals surface area contributed by atoms with E-state index in [1.54, 1.807) is 6.07 Å². The molecule has 0 aliphatic heterocycles. The number of fused-ring (bicyclic) bond motifs is 1. The molecule has 0 fully saturated rings. The molecule has 17 heavy (non-hydrogen) atoms. The molecule has 0 saturated heterocycles. The Bertz CT molecular complexity index is 586. The molecule has 0 bridgehead atoms. The first kappa shape index (κ1) is 11.9. The summed E-state index contributed by atoms with van der Waals surface area (Å²) in [6, 6.07) is 3.59. The van der Waals surface area contributed by atoms with Crippen molar-refractivity contribution in [3.8, 4) is 0 Å². The standard InChI is InChI=1S/C13H12BrNO2/c1-3-4-8-7-15-12-10(8)5-9(6-11(12)14)13(16)17-2/h3,5-7,15H,1,4H2,2H3. The van der Waals surface area contributed by atoms with Gasteiger partial charge in [0.15, 0.2) is 0 Å². The zero-order chi connectivity index (χ0) is 12.4. The summed E-state index contributed by atoms with van der Waals surface area (Å²) in [6.45, 7) is 3.72. The summed E-state index contributed by atoms with van der Waals surface area (Å²) < 4.78 is 5.58. The highest BCUT2D eigenvalue weighted by atomic mass is 79.9. The van der Waals surface area contributed by atoms with Gasteiger partial charge in [0.05, 0.1) is 18.2 Å². The van der Waals surface area contributed by atoms with E-state index in [0.29, 0.717) is 5.56 Å². The molecule has 0 atom stereocenters. The van der Waals surface area contributed by atoms with Gasteiger partial charge in [0.1, 0.15) is 0 Å². The minimum Gasteiger partial charge on any atom is -0.465 e. The van der Waals surface area contributed by atoms with Crippen LogP contribution < -0.4 is 0 Å². The summed E-state index contributed by atoms with van der Waals surface area (Å²) in [5.41, 5.74) is 2.63. The second-order valence-electron chi connectivity index (χ2n) is 3.68. The van der Waals surface area contributed by atoms with Crippen molar-refractivity contribution in [3.05, 3.63) is 46.6 Å². The number of carbonyl (C=O) groups excluding carboxylic acids is 1. The molecule has 0 unspecified atom stereocenters. The van der Waals surface area contributed by atoms with Gasteiger partial charge in [-0.1, -0.05) is 6.08 Å². The molecule has 4 heteroatoms. The quantitative estimate of drug-likeness (QED) is 0.696. The highest BCUT2D eigenvalue weighted by Crippen LogP contribution is 2.28.